The lowest BCUT2D eigenvalue weighted by Gasteiger charge is -2.30. The second kappa shape index (κ2) is 14.2. The Hall–Kier alpha value is -3.68. The normalized spacial score (nSPS) is 16.9. The number of aromatic nitrogens is 1. The quantitative estimate of drug-likeness (QED) is 0.254. The van der Waals surface area contributed by atoms with E-state index in [-0.39, 0.29) is 18.5 Å². The van der Waals surface area contributed by atoms with Crippen molar-refractivity contribution in [2.24, 2.45) is 5.92 Å². The van der Waals surface area contributed by atoms with E-state index in [0.29, 0.717) is 23.3 Å². The molecule has 2 saturated heterocycles. The summed E-state index contributed by atoms with van der Waals surface area (Å²) in [6, 6.07) is 14.6. The number of hydrogen-bond donors (Lipinski definition) is 4. The van der Waals surface area contributed by atoms with Gasteiger partial charge in [0.1, 0.15) is 6.54 Å². The van der Waals surface area contributed by atoms with Gasteiger partial charge in [0.15, 0.2) is 0 Å². The van der Waals surface area contributed by atoms with Gasteiger partial charge in [-0.25, -0.2) is 0 Å². The summed E-state index contributed by atoms with van der Waals surface area (Å²) < 4.78 is 41.8. The van der Waals surface area contributed by atoms with Crippen molar-refractivity contribution in [3.63, 3.8) is 0 Å². The van der Waals surface area contributed by atoms with E-state index in [0.717, 1.165) is 68.2 Å². The van der Waals surface area contributed by atoms with E-state index in [1.54, 1.807) is 30.3 Å². The Morgan fingerprint density at radius 3 is 2.51 bits per heavy atom. The highest BCUT2D eigenvalue weighted by molar-refractivity contribution is 5.95. The van der Waals surface area contributed by atoms with Crippen LogP contribution in [0.3, 0.4) is 0 Å². The van der Waals surface area contributed by atoms with E-state index < -0.39 is 12.7 Å². The van der Waals surface area contributed by atoms with Crippen LogP contribution in [-0.2, 0) is 6.54 Å². The minimum Gasteiger partial charge on any atom is -0.382 e. The topological polar surface area (TPSA) is 73.4 Å². The fraction of sp³-hybridized carbons (Fsp3) is 0.485. The van der Waals surface area contributed by atoms with Gasteiger partial charge in [0.25, 0.3) is 5.91 Å². The molecule has 0 unspecified atom stereocenters. The Morgan fingerprint density at radius 1 is 1.05 bits per heavy atom. The van der Waals surface area contributed by atoms with E-state index in [9.17, 15) is 18.0 Å². The Kier molecular flexibility index (Phi) is 10.2. The van der Waals surface area contributed by atoms with Gasteiger partial charge in [0.2, 0.25) is 0 Å². The average Bonchev–Trinajstić information content (AvgIpc) is 3.33. The summed E-state index contributed by atoms with van der Waals surface area (Å²) in [6.45, 7) is 6.90. The van der Waals surface area contributed by atoms with Gasteiger partial charge < -0.3 is 30.7 Å². The predicted molar refractivity (Wildman–Crippen MR) is 166 cm³/mol. The summed E-state index contributed by atoms with van der Waals surface area (Å²) in [5.74, 6) is 6.60. The number of fused-ring (bicyclic) bond motifs is 1. The standard InChI is InChI=1S/C33H41F3N6O/c1-24-13-19-41(20-14-24)21-18-39-32(43)25-7-9-26(10-8-25)38-15-3-4-28-22-29-30(40-27-11-16-37-17-12-27)5-2-6-31(29)42(28)23-33(34,35)36/h2,5-10,22,24,27,37-38,40H,11-21,23H2,1H3,(H,39,43). The first-order chi connectivity index (χ1) is 20.7. The molecule has 230 valence electrons. The highest BCUT2D eigenvalue weighted by Crippen LogP contribution is 2.31. The van der Waals surface area contributed by atoms with E-state index in [1.165, 1.54) is 17.4 Å². The molecule has 7 nitrogen and oxygen atoms in total. The molecule has 2 fully saturated rings. The number of nitrogens with one attached hydrogen (secondary N) is 4. The second-order valence-corrected chi connectivity index (χ2v) is 11.7. The fourth-order valence-corrected chi connectivity index (χ4v) is 5.79. The fourth-order valence-electron chi connectivity index (χ4n) is 5.79. The van der Waals surface area contributed by atoms with Gasteiger partial charge in [0.05, 0.1) is 17.8 Å². The van der Waals surface area contributed by atoms with E-state index in [4.69, 9.17) is 0 Å². The molecule has 2 aromatic carbocycles. The molecule has 0 atom stereocenters. The number of carbonyl (C=O) groups is 1. The average molecular weight is 595 g/mol. The van der Waals surface area contributed by atoms with Crippen LogP contribution in [0.15, 0.2) is 48.5 Å². The van der Waals surface area contributed by atoms with Crippen molar-refractivity contribution in [2.75, 3.05) is 56.4 Å². The zero-order valence-electron chi connectivity index (χ0n) is 24.7. The van der Waals surface area contributed by atoms with Crippen molar-refractivity contribution in [2.45, 2.75) is 51.4 Å². The molecule has 43 heavy (non-hydrogen) atoms. The highest BCUT2D eigenvalue weighted by Gasteiger charge is 2.30. The maximum absolute atomic E-state index is 13.5. The largest absolute Gasteiger partial charge is 0.406 e. The lowest BCUT2D eigenvalue weighted by molar-refractivity contribution is -0.140. The first kappa shape index (κ1) is 30.8. The summed E-state index contributed by atoms with van der Waals surface area (Å²) in [7, 11) is 0. The molecule has 4 N–H and O–H groups in total. The first-order valence-electron chi connectivity index (χ1n) is 15.2. The molecule has 2 aliphatic heterocycles. The van der Waals surface area contributed by atoms with Gasteiger partial charge in [-0.3, -0.25) is 4.79 Å². The Morgan fingerprint density at radius 2 is 1.79 bits per heavy atom. The van der Waals surface area contributed by atoms with Crippen molar-refractivity contribution in [3.8, 4) is 11.8 Å². The Balaban J connectivity index is 1.19. The number of anilines is 2. The van der Waals surface area contributed by atoms with Gasteiger partial charge >= 0.3 is 6.18 Å². The molecular formula is C33H41F3N6O. The van der Waals surface area contributed by atoms with Crippen molar-refractivity contribution in [3.05, 3.63) is 59.8 Å². The van der Waals surface area contributed by atoms with Crippen LogP contribution in [0.5, 0.6) is 0 Å². The predicted octanol–water partition coefficient (Wildman–Crippen LogP) is 5.29. The smallest absolute Gasteiger partial charge is 0.382 e. The highest BCUT2D eigenvalue weighted by atomic mass is 19.4. The van der Waals surface area contributed by atoms with Crippen LogP contribution in [0.2, 0.25) is 0 Å². The number of benzene rings is 2. The maximum Gasteiger partial charge on any atom is 0.406 e. The molecule has 0 bridgehead atoms. The lowest BCUT2D eigenvalue weighted by atomic mass is 9.99. The summed E-state index contributed by atoms with van der Waals surface area (Å²) >= 11 is 0. The zero-order chi connectivity index (χ0) is 30.2. The molecule has 5 rings (SSSR count). The summed E-state index contributed by atoms with van der Waals surface area (Å²) in [5, 5.41) is 13.8. The monoisotopic (exact) mass is 594 g/mol. The third kappa shape index (κ3) is 8.68. The van der Waals surface area contributed by atoms with Gasteiger partial charge in [-0.05, 0) is 106 Å². The molecule has 1 amide bonds. The van der Waals surface area contributed by atoms with Crippen molar-refractivity contribution < 1.29 is 18.0 Å². The third-order valence-corrected chi connectivity index (χ3v) is 8.32. The van der Waals surface area contributed by atoms with Crippen molar-refractivity contribution in [1.29, 1.82) is 0 Å². The zero-order valence-corrected chi connectivity index (χ0v) is 24.7. The number of nitrogens with zero attached hydrogens (tertiary/aromatic N) is 2. The third-order valence-electron chi connectivity index (χ3n) is 8.32. The number of likely N-dealkylation sites (tertiary alicyclic amines) is 1. The van der Waals surface area contributed by atoms with Gasteiger partial charge in [-0.2, -0.15) is 13.2 Å². The summed E-state index contributed by atoms with van der Waals surface area (Å²) in [4.78, 5) is 14.9. The summed E-state index contributed by atoms with van der Waals surface area (Å²) in [5.41, 5.74) is 3.01. The second-order valence-electron chi connectivity index (χ2n) is 11.7. The first-order valence-corrected chi connectivity index (χ1v) is 15.2. The molecular weight excluding hydrogens is 553 g/mol. The summed E-state index contributed by atoms with van der Waals surface area (Å²) in [6.07, 6.45) is -0.0369. The number of piperidine rings is 2. The van der Waals surface area contributed by atoms with Crippen LogP contribution in [0.1, 0.15) is 48.7 Å². The molecule has 0 spiro atoms. The van der Waals surface area contributed by atoms with Crippen LogP contribution in [0.4, 0.5) is 24.5 Å². The van der Waals surface area contributed by atoms with Crippen LogP contribution >= 0.6 is 0 Å². The number of carbonyl (C=O) groups excluding carboxylic acids is 1. The Labute approximate surface area is 251 Å². The molecule has 3 heterocycles. The molecule has 0 aliphatic carbocycles. The van der Waals surface area contributed by atoms with E-state index >= 15 is 0 Å². The molecule has 2 aliphatic rings. The Bertz CT molecular complexity index is 1430. The molecule has 10 heteroatoms. The van der Waals surface area contributed by atoms with E-state index in [2.05, 4.69) is 44.9 Å². The van der Waals surface area contributed by atoms with Crippen LogP contribution in [0, 0.1) is 17.8 Å². The number of alkyl halides is 3. The number of hydrogen-bond acceptors (Lipinski definition) is 5. The van der Waals surface area contributed by atoms with Gasteiger partial charge in [0, 0.05) is 41.5 Å². The SMILES string of the molecule is CC1CCN(CCNC(=O)c2ccc(NCC#Cc3cc4c(NC5CCNCC5)cccc4n3CC(F)(F)F)cc2)CC1. The minimum absolute atomic E-state index is 0.108. The minimum atomic E-state index is -4.38. The van der Waals surface area contributed by atoms with Gasteiger partial charge in [-0.15, -0.1) is 0 Å². The lowest BCUT2D eigenvalue weighted by Crippen LogP contribution is -2.39. The number of halogens is 3. The number of rotatable bonds is 9. The van der Waals surface area contributed by atoms with Gasteiger partial charge in [-0.1, -0.05) is 18.9 Å². The molecule has 1 aromatic heterocycles. The molecule has 3 aromatic rings. The number of amides is 1. The molecule has 0 saturated carbocycles. The van der Waals surface area contributed by atoms with Crippen molar-refractivity contribution >= 4 is 28.2 Å². The maximum atomic E-state index is 13.5. The van der Waals surface area contributed by atoms with Crippen LogP contribution in [0.25, 0.3) is 10.9 Å². The molecule has 0 radical (unpaired) electrons. The van der Waals surface area contributed by atoms with Crippen LogP contribution < -0.4 is 21.3 Å². The van der Waals surface area contributed by atoms with Crippen molar-refractivity contribution in [1.82, 2.24) is 20.1 Å². The van der Waals surface area contributed by atoms with Crippen LogP contribution in [-0.4, -0.2) is 73.4 Å². The van der Waals surface area contributed by atoms with E-state index in [1.807, 2.05) is 18.2 Å².